The number of nitrogens with zero attached hydrogens (tertiary/aromatic N) is 1. The second-order valence-corrected chi connectivity index (χ2v) is 6.25. The first kappa shape index (κ1) is 14.0. The van der Waals surface area contributed by atoms with Gasteiger partial charge in [0.15, 0.2) is 0 Å². The first-order valence-corrected chi connectivity index (χ1v) is 7.98. The summed E-state index contributed by atoms with van der Waals surface area (Å²) in [6.45, 7) is 0.604. The summed E-state index contributed by atoms with van der Waals surface area (Å²) in [5, 5.41) is 9.99. The van der Waals surface area contributed by atoms with Gasteiger partial charge in [-0.1, -0.05) is 0 Å². The Bertz CT molecular complexity index is 682. The smallest absolute Gasteiger partial charge is 0.305 e. The van der Waals surface area contributed by atoms with Crippen LogP contribution in [0, 0.1) is 0 Å². The van der Waals surface area contributed by atoms with Crippen LogP contribution < -0.4 is 0 Å². The maximum Gasteiger partial charge on any atom is 0.305 e. The molecule has 1 unspecified atom stereocenters. The predicted octanol–water partition coefficient (Wildman–Crippen LogP) is 2.20. The summed E-state index contributed by atoms with van der Waals surface area (Å²) < 4.78 is 0. The Morgan fingerprint density at radius 1 is 1.38 bits per heavy atom. The van der Waals surface area contributed by atoms with Gasteiger partial charge < -0.3 is 15.0 Å². The van der Waals surface area contributed by atoms with Crippen LogP contribution in [-0.4, -0.2) is 51.0 Å². The van der Waals surface area contributed by atoms with Crippen molar-refractivity contribution < 1.29 is 14.7 Å². The lowest BCUT2D eigenvalue weighted by atomic mass is 10.1. The Morgan fingerprint density at radius 2 is 2.24 bits per heavy atom. The number of carbonyl (C=O) groups is 2. The van der Waals surface area contributed by atoms with Crippen LogP contribution in [0.5, 0.6) is 0 Å². The Morgan fingerprint density at radius 3 is 3.05 bits per heavy atom. The second-order valence-electron chi connectivity index (χ2n) is 5.10. The van der Waals surface area contributed by atoms with Crippen molar-refractivity contribution in [2.45, 2.75) is 12.5 Å². The number of hydrogen-bond acceptors (Lipinski definition) is 3. The van der Waals surface area contributed by atoms with Crippen molar-refractivity contribution in [1.82, 2.24) is 9.88 Å². The fraction of sp³-hybridized carbons (Fsp3) is 0.333. The van der Waals surface area contributed by atoms with Gasteiger partial charge in [-0.25, -0.2) is 0 Å². The quantitative estimate of drug-likeness (QED) is 0.911. The van der Waals surface area contributed by atoms with E-state index in [0.29, 0.717) is 17.9 Å². The Balaban J connectivity index is 1.85. The number of fused-ring (bicyclic) bond motifs is 1. The number of amides is 1. The number of hydrogen-bond donors (Lipinski definition) is 2. The first-order valence-electron chi connectivity index (χ1n) is 6.83. The van der Waals surface area contributed by atoms with Crippen molar-refractivity contribution in [3.63, 3.8) is 0 Å². The van der Waals surface area contributed by atoms with E-state index in [4.69, 9.17) is 5.11 Å². The monoisotopic (exact) mass is 304 g/mol. The highest BCUT2D eigenvalue weighted by atomic mass is 32.2. The SMILES string of the molecule is O=C(O)CC1CSCCN1C(=O)c1ccc2[nH]ccc2c1. The predicted molar refractivity (Wildman–Crippen MR) is 82.7 cm³/mol. The molecule has 1 aliphatic rings. The molecule has 1 fully saturated rings. The normalized spacial score (nSPS) is 18.9. The number of nitrogens with one attached hydrogen (secondary N) is 1. The molecule has 0 radical (unpaired) electrons. The highest BCUT2D eigenvalue weighted by Gasteiger charge is 2.29. The number of carboxylic acids is 1. The molecule has 2 N–H and O–H groups in total. The molecule has 1 aliphatic heterocycles. The summed E-state index contributed by atoms with van der Waals surface area (Å²) >= 11 is 1.70. The van der Waals surface area contributed by atoms with E-state index in [1.807, 2.05) is 24.4 Å². The maximum atomic E-state index is 12.7. The van der Waals surface area contributed by atoms with E-state index in [9.17, 15) is 9.59 Å². The van der Waals surface area contributed by atoms with Crippen LogP contribution in [0.25, 0.3) is 10.9 Å². The molecular formula is C15H16N2O3S. The molecule has 21 heavy (non-hydrogen) atoms. The lowest BCUT2D eigenvalue weighted by Crippen LogP contribution is -2.47. The van der Waals surface area contributed by atoms with Crippen molar-refractivity contribution in [3.05, 3.63) is 36.0 Å². The number of aromatic nitrogens is 1. The highest BCUT2D eigenvalue weighted by Crippen LogP contribution is 2.23. The van der Waals surface area contributed by atoms with E-state index in [1.54, 1.807) is 22.7 Å². The average Bonchev–Trinajstić information content (AvgIpc) is 2.94. The van der Waals surface area contributed by atoms with Gasteiger partial charge in [0.25, 0.3) is 5.91 Å². The summed E-state index contributed by atoms with van der Waals surface area (Å²) in [6, 6.07) is 7.23. The van der Waals surface area contributed by atoms with Crippen molar-refractivity contribution in [1.29, 1.82) is 0 Å². The van der Waals surface area contributed by atoms with E-state index in [1.165, 1.54) is 0 Å². The van der Waals surface area contributed by atoms with Crippen LogP contribution in [0.3, 0.4) is 0 Å². The van der Waals surface area contributed by atoms with Crippen LogP contribution in [0.1, 0.15) is 16.8 Å². The molecule has 1 aromatic heterocycles. The molecule has 1 atom stereocenters. The Labute approximate surface area is 126 Å². The third-order valence-electron chi connectivity index (χ3n) is 3.70. The summed E-state index contributed by atoms with van der Waals surface area (Å²) in [6.07, 6.45) is 1.84. The summed E-state index contributed by atoms with van der Waals surface area (Å²) in [5.74, 6) is 0.602. The fourth-order valence-electron chi connectivity index (χ4n) is 2.65. The zero-order valence-electron chi connectivity index (χ0n) is 11.4. The molecule has 2 aromatic rings. The van der Waals surface area contributed by atoms with Crippen LogP contribution in [0.15, 0.2) is 30.5 Å². The van der Waals surface area contributed by atoms with E-state index in [-0.39, 0.29) is 18.4 Å². The standard InChI is InChI=1S/C15H16N2O3S/c18-14(19)8-12-9-21-6-5-17(12)15(20)11-1-2-13-10(7-11)3-4-16-13/h1-4,7,12,16H,5-6,8-9H2,(H,18,19). The zero-order valence-corrected chi connectivity index (χ0v) is 12.2. The second kappa shape index (κ2) is 5.81. The van der Waals surface area contributed by atoms with Crippen LogP contribution >= 0.6 is 11.8 Å². The van der Waals surface area contributed by atoms with Gasteiger partial charge in [-0.15, -0.1) is 0 Å². The van der Waals surface area contributed by atoms with Crippen molar-refractivity contribution in [2.75, 3.05) is 18.1 Å². The molecule has 1 saturated heterocycles. The van der Waals surface area contributed by atoms with E-state index < -0.39 is 5.97 Å². The molecule has 3 rings (SSSR count). The maximum absolute atomic E-state index is 12.7. The van der Waals surface area contributed by atoms with E-state index in [0.717, 1.165) is 16.7 Å². The molecule has 1 amide bonds. The lowest BCUT2D eigenvalue weighted by molar-refractivity contribution is -0.138. The minimum absolute atomic E-state index is 0.00510. The molecule has 0 aliphatic carbocycles. The van der Waals surface area contributed by atoms with Gasteiger partial charge in [0.05, 0.1) is 12.5 Å². The van der Waals surface area contributed by atoms with Gasteiger partial charge in [0, 0.05) is 40.7 Å². The van der Waals surface area contributed by atoms with Gasteiger partial charge >= 0.3 is 5.97 Å². The zero-order chi connectivity index (χ0) is 14.8. The minimum Gasteiger partial charge on any atom is -0.481 e. The number of thioether (sulfide) groups is 1. The van der Waals surface area contributed by atoms with Gasteiger partial charge in [-0.05, 0) is 24.3 Å². The average molecular weight is 304 g/mol. The number of carbonyl (C=O) groups excluding carboxylic acids is 1. The third-order valence-corrected chi connectivity index (χ3v) is 4.79. The molecule has 6 heteroatoms. The molecule has 0 saturated carbocycles. The van der Waals surface area contributed by atoms with Crippen molar-refractivity contribution in [3.8, 4) is 0 Å². The Hall–Kier alpha value is -1.95. The van der Waals surface area contributed by atoms with Crippen molar-refractivity contribution >= 4 is 34.5 Å². The number of H-pyrrole nitrogens is 1. The summed E-state index contributed by atoms with van der Waals surface area (Å²) in [7, 11) is 0. The van der Waals surface area contributed by atoms with Gasteiger partial charge in [-0.2, -0.15) is 11.8 Å². The van der Waals surface area contributed by atoms with Crippen LogP contribution in [0.4, 0.5) is 0 Å². The molecule has 2 heterocycles. The number of aromatic amines is 1. The highest BCUT2D eigenvalue weighted by molar-refractivity contribution is 7.99. The van der Waals surface area contributed by atoms with Crippen LogP contribution in [0.2, 0.25) is 0 Å². The van der Waals surface area contributed by atoms with Crippen LogP contribution in [-0.2, 0) is 4.79 Å². The van der Waals surface area contributed by atoms with E-state index >= 15 is 0 Å². The number of rotatable bonds is 3. The third kappa shape index (κ3) is 2.90. The lowest BCUT2D eigenvalue weighted by Gasteiger charge is -2.34. The summed E-state index contributed by atoms with van der Waals surface area (Å²) in [4.78, 5) is 28.4. The molecule has 1 aromatic carbocycles. The van der Waals surface area contributed by atoms with Gasteiger partial charge in [0.1, 0.15) is 0 Å². The van der Waals surface area contributed by atoms with E-state index in [2.05, 4.69) is 4.98 Å². The van der Waals surface area contributed by atoms with Crippen molar-refractivity contribution in [2.24, 2.45) is 0 Å². The van der Waals surface area contributed by atoms with Gasteiger partial charge in [-0.3, -0.25) is 9.59 Å². The Kier molecular flexibility index (Phi) is 3.88. The largest absolute Gasteiger partial charge is 0.481 e. The number of benzene rings is 1. The van der Waals surface area contributed by atoms with Gasteiger partial charge in [0.2, 0.25) is 0 Å². The molecule has 0 bridgehead atoms. The molecule has 0 spiro atoms. The fourth-order valence-corrected chi connectivity index (χ4v) is 3.71. The number of aliphatic carboxylic acids is 1. The topological polar surface area (TPSA) is 73.4 Å². The molecule has 5 nitrogen and oxygen atoms in total. The first-order chi connectivity index (χ1) is 10.1. The molecule has 110 valence electrons. The molecular weight excluding hydrogens is 288 g/mol. The summed E-state index contributed by atoms with van der Waals surface area (Å²) in [5.41, 5.74) is 1.60. The minimum atomic E-state index is -0.860. The number of carboxylic acid groups (broad SMARTS) is 1.